The smallest absolute Gasteiger partial charge is 0.387 e. The van der Waals surface area contributed by atoms with Gasteiger partial charge in [-0.3, -0.25) is 4.79 Å². The average molecular weight is 275 g/mol. The zero-order valence-corrected chi connectivity index (χ0v) is 10.6. The molecule has 106 valence electrons. The molecule has 5 nitrogen and oxygen atoms in total. The molecule has 0 amide bonds. The van der Waals surface area contributed by atoms with Crippen molar-refractivity contribution in [1.82, 2.24) is 0 Å². The number of halogens is 2. The van der Waals surface area contributed by atoms with E-state index in [2.05, 4.69) is 9.47 Å². The number of rotatable bonds is 6. The van der Waals surface area contributed by atoms with Crippen LogP contribution < -0.4 is 15.2 Å². The predicted molar refractivity (Wildman–Crippen MR) is 63.2 cm³/mol. The lowest BCUT2D eigenvalue weighted by Gasteiger charge is -2.15. The van der Waals surface area contributed by atoms with Crippen LogP contribution in [0.4, 0.5) is 8.78 Å². The van der Waals surface area contributed by atoms with Gasteiger partial charge in [0.2, 0.25) is 0 Å². The molecule has 0 saturated carbocycles. The Bertz CT molecular complexity index is 440. The van der Waals surface area contributed by atoms with E-state index in [4.69, 9.17) is 10.5 Å². The lowest BCUT2D eigenvalue weighted by molar-refractivity contribution is -0.142. The fourth-order valence-corrected chi connectivity index (χ4v) is 1.44. The molecule has 0 aliphatic rings. The second-order valence-electron chi connectivity index (χ2n) is 3.52. The first kappa shape index (κ1) is 15.2. The fraction of sp³-hybridized carbons (Fsp3) is 0.417. The number of carbonyl (C=O) groups excluding carboxylic acids is 1. The molecule has 0 spiro atoms. The van der Waals surface area contributed by atoms with Crippen molar-refractivity contribution in [3.8, 4) is 11.5 Å². The summed E-state index contributed by atoms with van der Waals surface area (Å²) < 4.78 is 38.4. The standard InChI is InChI=1S/C12H15F2NO4/c1-3-18-9-6-7(10(15)11(16)17-2)4-5-8(9)19-12(13)14/h4-6,10,12H,3,15H2,1-2H3. The molecule has 0 aliphatic carbocycles. The number of hydrogen-bond donors (Lipinski definition) is 1. The molecule has 1 rings (SSSR count). The van der Waals surface area contributed by atoms with Crippen LogP contribution in [0.2, 0.25) is 0 Å². The Morgan fingerprint density at radius 2 is 2.05 bits per heavy atom. The Balaban J connectivity index is 3.04. The van der Waals surface area contributed by atoms with Gasteiger partial charge in [0.05, 0.1) is 13.7 Å². The first-order valence-electron chi connectivity index (χ1n) is 5.54. The van der Waals surface area contributed by atoms with Gasteiger partial charge < -0.3 is 19.9 Å². The molecule has 0 aliphatic heterocycles. The van der Waals surface area contributed by atoms with E-state index in [-0.39, 0.29) is 18.1 Å². The summed E-state index contributed by atoms with van der Waals surface area (Å²) in [5.41, 5.74) is 6.03. The zero-order chi connectivity index (χ0) is 14.4. The number of carbonyl (C=O) groups is 1. The molecular weight excluding hydrogens is 260 g/mol. The molecule has 0 fully saturated rings. The van der Waals surface area contributed by atoms with Crippen LogP contribution in [0.25, 0.3) is 0 Å². The van der Waals surface area contributed by atoms with Crippen molar-refractivity contribution in [3.63, 3.8) is 0 Å². The van der Waals surface area contributed by atoms with Gasteiger partial charge in [-0.2, -0.15) is 8.78 Å². The molecule has 19 heavy (non-hydrogen) atoms. The van der Waals surface area contributed by atoms with Crippen LogP contribution in [0.5, 0.6) is 11.5 Å². The highest BCUT2D eigenvalue weighted by Crippen LogP contribution is 2.31. The van der Waals surface area contributed by atoms with Crippen molar-refractivity contribution in [1.29, 1.82) is 0 Å². The molecule has 1 unspecified atom stereocenters. The molecule has 0 heterocycles. The molecule has 2 N–H and O–H groups in total. The first-order chi connectivity index (χ1) is 8.99. The van der Waals surface area contributed by atoms with Gasteiger partial charge in [-0.1, -0.05) is 6.07 Å². The monoisotopic (exact) mass is 275 g/mol. The van der Waals surface area contributed by atoms with Crippen LogP contribution in [0.3, 0.4) is 0 Å². The van der Waals surface area contributed by atoms with Crippen LogP contribution in [-0.4, -0.2) is 26.3 Å². The largest absolute Gasteiger partial charge is 0.490 e. The lowest BCUT2D eigenvalue weighted by atomic mass is 10.1. The number of ether oxygens (including phenoxy) is 3. The van der Waals surface area contributed by atoms with Crippen LogP contribution in [0.1, 0.15) is 18.5 Å². The van der Waals surface area contributed by atoms with E-state index in [1.807, 2.05) is 0 Å². The topological polar surface area (TPSA) is 70.8 Å². The van der Waals surface area contributed by atoms with E-state index in [1.54, 1.807) is 6.92 Å². The van der Waals surface area contributed by atoms with E-state index in [9.17, 15) is 13.6 Å². The number of nitrogens with two attached hydrogens (primary N) is 1. The molecule has 1 aromatic carbocycles. The van der Waals surface area contributed by atoms with Crippen molar-refractivity contribution < 1.29 is 27.8 Å². The van der Waals surface area contributed by atoms with Gasteiger partial charge >= 0.3 is 12.6 Å². The number of alkyl halides is 2. The summed E-state index contributed by atoms with van der Waals surface area (Å²) in [4.78, 5) is 11.3. The molecule has 1 aromatic rings. The lowest BCUT2D eigenvalue weighted by Crippen LogP contribution is -2.22. The summed E-state index contributed by atoms with van der Waals surface area (Å²) in [7, 11) is 1.21. The van der Waals surface area contributed by atoms with Crippen LogP contribution in [-0.2, 0) is 9.53 Å². The van der Waals surface area contributed by atoms with Gasteiger partial charge in [-0.05, 0) is 24.6 Å². The second kappa shape index (κ2) is 6.89. The third-order valence-corrected chi connectivity index (χ3v) is 2.30. The highest BCUT2D eigenvalue weighted by atomic mass is 19.3. The van der Waals surface area contributed by atoms with Gasteiger partial charge in [-0.25, -0.2) is 0 Å². The molecule has 0 saturated heterocycles. The molecule has 0 radical (unpaired) electrons. The van der Waals surface area contributed by atoms with Gasteiger partial charge in [0.25, 0.3) is 0 Å². The minimum atomic E-state index is -2.96. The van der Waals surface area contributed by atoms with E-state index >= 15 is 0 Å². The summed E-state index contributed by atoms with van der Waals surface area (Å²) in [5.74, 6) is -0.651. The van der Waals surface area contributed by atoms with Crippen molar-refractivity contribution in [2.24, 2.45) is 5.73 Å². The number of methoxy groups -OCH3 is 1. The van der Waals surface area contributed by atoms with E-state index in [1.165, 1.54) is 25.3 Å². The average Bonchev–Trinajstić information content (AvgIpc) is 2.38. The van der Waals surface area contributed by atoms with Crippen molar-refractivity contribution in [2.45, 2.75) is 19.6 Å². The highest BCUT2D eigenvalue weighted by Gasteiger charge is 2.19. The van der Waals surface area contributed by atoms with E-state index in [0.717, 1.165) is 0 Å². The minimum absolute atomic E-state index is 0.0969. The molecule has 0 aromatic heterocycles. The van der Waals surface area contributed by atoms with E-state index in [0.29, 0.717) is 5.56 Å². The van der Waals surface area contributed by atoms with Crippen molar-refractivity contribution in [3.05, 3.63) is 23.8 Å². The van der Waals surface area contributed by atoms with Gasteiger partial charge in [-0.15, -0.1) is 0 Å². The first-order valence-corrected chi connectivity index (χ1v) is 5.54. The van der Waals surface area contributed by atoms with Crippen LogP contribution in [0, 0.1) is 0 Å². The highest BCUT2D eigenvalue weighted by molar-refractivity contribution is 5.77. The summed E-state index contributed by atoms with van der Waals surface area (Å²) in [6, 6.07) is 3.05. The minimum Gasteiger partial charge on any atom is -0.490 e. The summed E-state index contributed by atoms with van der Waals surface area (Å²) in [6.45, 7) is -1.01. The Hall–Kier alpha value is -1.89. The fourth-order valence-electron chi connectivity index (χ4n) is 1.44. The van der Waals surface area contributed by atoms with E-state index < -0.39 is 18.6 Å². The zero-order valence-electron chi connectivity index (χ0n) is 10.6. The number of hydrogen-bond acceptors (Lipinski definition) is 5. The van der Waals surface area contributed by atoms with Crippen molar-refractivity contribution >= 4 is 5.97 Å². The third-order valence-electron chi connectivity index (χ3n) is 2.30. The summed E-state index contributed by atoms with van der Waals surface area (Å²) >= 11 is 0. The maximum atomic E-state index is 12.2. The third kappa shape index (κ3) is 4.06. The normalized spacial score (nSPS) is 12.1. The van der Waals surface area contributed by atoms with Crippen LogP contribution >= 0.6 is 0 Å². The van der Waals surface area contributed by atoms with Crippen LogP contribution in [0.15, 0.2) is 18.2 Å². The SMILES string of the molecule is CCOc1cc(C(N)C(=O)OC)ccc1OC(F)F. The number of esters is 1. The Morgan fingerprint density at radius 1 is 1.37 bits per heavy atom. The molecule has 1 atom stereocenters. The van der Waals surface area contributed by atoms with Crippen molar-refractivity contribution in [2.75, 3.05) is 13.7 Å². The molecule has 7 heteroatoms. The molecular formula is C12H15F2NO4. The second-order valence-corrected chi connectivity index (χ2v) is 3.52. The van der Waals surface area contributed by atoms with Gasteiger partial charge in [0.15, 0.2) is 11.5 Å². The Labute approximate surface area is 109 Å². The molecule has 0 bridgehead atoms. The quantitative estimate of drug-likeness (QED) is 0.802. The number of benzene rings is 1. The Morgan fingerprint density at radius 3 is 2.58 bits per heavy atom. The summed E-state index contributed by atoms with van der Waals surface area (Å²) in [5, 5.41) is 0. The van der Waals surface area contributed by atoms with Gasteiger partial charge in [0.1, 0.15) is 6.04 Å². The summed E-state index contributed by atoms with van der Waals surface area (Å²) in [6.07, 6.45) is 0. The maximum Gasteiger partial charge on any atom is 0.387 e. The predicted octanol–water partition coefficient (Wildman–Crippen LogP) is 1.86. The Kier molecular flexibility index (Phi) is 5.50. The maximum absolute atomic E-state index is 12.2. The van der Waals surface area contributed by atoms with Gasteiger partial charge in [0, 0.05) is 0 Å².